The minimum atomic E-state index is -0.502. The second-order valence-corrected chi connectivity index (χ2v) is 5.87. The first-order chi connectivity index (χ1) is 9.07. The highest BCUT2D eigenvalue weighted by molar-refractivity contribution is 5.83. The molecule has 2 rings (SSSR count). The predicted molar refractivity (Wildman–Crippen MR) is 75.7 cm³/mol. The molecule has 0 atom stereocenters. The van der Waals surface area contributed by atoms with Gasteiger partial charge in [-0.15, -0.1) is 0 Å². The zero-order chi connectivity index (χ0) is 13.9. The molecule has 0 heterocycles. The van der Waals surface area contributed by atoms with Crippen molar-refractivity contribution >= 4 is 5.91 Å². The fourth-order valence-corrected chi connectivity index (χ4v) is 2.45. The van der Waals surface area contributed by atoms with E-state index in [4.69, 9.17) is 0 Å². The molecule has 1 saturated carbocycles. The van der Waals surface area contributed by atoms with Gasteiger partial charge in [-0.25, -0.2) is 0 Å². The van der Waals surface area contributed by atoms with Gasteiger partial charge in [0.25, 0.3) is 0 Å². The molecule has 3 heteroatoms. The van der Waals surface area contributed by atoms with Crippen molar-refractivity contribution < 1.29 is 9.90 Å². The van der Waals surface area contributed by atoms with Gasteiger partial charge in [-0.2, -0.15) is 0 Å². The van der Waals surface area contributed by atoms with Crippen molar-refractivity contribution in [1.29, 1.82) is 0 Å². The molecular formula is C16H23NO2. The molecule has 0 aliphatic heterocycles. The summed E-state index contributed by atoms with van der Waals surface area (Å²) in [5.74, 6) is 0.519. The third-order valence-corrected chi connectivity index (χ3v) is 4.19. The third kappa shape index (κ3) is 2.98. The number of hydrogen-bond donors (Lipinski definition) is 2. The summed E-state index contributed by atoms with van der Waals surface area (Å²) in [5.41, 5.74) is 1.91. The van der Waals surface area contributed by atoms with Crippen molar-refractivity contribution in [3.8, 4) is 0 Å². The minimum absolute atomic E-state index is 0.00538. The number of benzene rings is 1. The molecule has 104 valence electrons. The summed E-state index contributed by atoms with van der Waals surface area (Å²) in [7, 11) is 0. The third-order valence-electron chi connectivity index (χ3n) is 4.19. The van der Waals surface area contributed by atoms with Gasteiger partial charge in [0, 0.05) is 6.54 Å². The molecule has 2 N–H and O–H groups in total. The highest BCUT2D eigenvalue weighted by atomic mass is 16.3. The standard InChI is InChI=1S/C16H23NO2/c1-12(2)14-6-4-13(5-7-14)10-17-15(19)16(11-18)8-3-9-16/h4-7,12,18H,3,8-11H2,1-2H3,(H,17,19). The van der Waals surface area contributed by atoms with Crippen molar-refractivity contribution in [2.45, 2.75) is 45.6 Å². The van der Waals surface area contributed by atoms with Crippen molar-refractivity contribution in [3.05, 3.63) is 35.4 Å². The van der Waals surface area contributed by atoms with E-state index in [9.17, 15) is 9.90 Å². The molecule has 0 saturated heterocycles. The maximum Gasteiger partial charge on any atom is 0.228 e. The topological polar surface area (TPSA) is 49.3 Å². The molecule has 19 heavy (non-hydrogen) atoms. The summed E-state index contributed by atoms with van der Waals surface area (Å²) >= 11 is 0. The van der Waals surface area contributed by atoms with Gasteiger partial charge in [-0.05, 0) is 29.9 Å². The molecule has 0 spiro atoms. The second kappa shape index (κ2) is 5.74. The number of hydrogen-bond acceptors (Lipinski definition) is 2. The smallest absolute Gasteiger partial charge is 0.228 e. The van der Waals surface area contributed by atoms with E-state index in [1.54, 1.807) is 0 Å². The van der Waals surface area contributed by atoms with E-state index in [0.717, 1.165) is 24.8 Å². The quantitative estimate of drug-likeness (QED) is 0.856. The van der Waals surface area contributed by atoms with Gasteiger partial charge in [-0.3, -0.25) is 4.79 Å². The number of nitrogens with one attached hydrogen (secondary N) is 1. The summed E-state index contributed by atoms with van der Waals surface area (Å²) < 4.78 is 0. The number of aliphatic hydroxyl groups excluding tert-OH is 1. The van der Waals surface area contributed by atoms with Crippen molar-refractivity contribution in [3.63, 3.8) is 0 Å². The first-order valence-corrected chi connectivity index (χ1v) is 7.05. The number of aliphatic hydroxyl groups is 1. The van der Waals surface area contributed by atoms with Crippen LogP contribution in [0.4, 0.5) is 0 Å². The fourth-order valence-electron chi connectivity index (χ4n) is 2.45. The Bertz CT molecular complexity index is 427. The Morgan fingerprint density at radius 3 is 2.37 bits per heavy atom. The lowest BCUT2D eigenvalue weighted by Gasteiger charge is -2.38. The molecule has 1 fully saturated rings. The Labute approximate surface area is 115 Å². The van der Waals surface area contributed by atoms with Gasteiger partial charge >= 0.3 is 0 Å². The molecule has 1 aromatic carbocycles. The molecule has 1 aliphatic carbocycles. The Kier molecular flexibility index (Phi) is 4.25. The molecule has 0 bridgehead atoms. The van der Waals surface area contributed by atoms with E-state index in [1.807, 2.05) is 0 Å². The summed E-state index contributed by atoms with van der Waals surface area (Å²) in [6.07, 6.45) is 2.65. The number of carbonyl (C=O) groups is 1. The van der Waals surface area contributed by atoms with E-state index in [-0.39, 0.29) is 12.5 Å². The largest absolute Gasteiger partial charge is 0.395 e. The fraction of sp³-hybridized carbons (Fsp3) is 0.562. The lowest BCUT2D eigenvalue weighted by atomic mass is 9.68. The summed E-state index contributed by atoms with van der Waals surface area (Å²) in [6, 6.07) is 8.33. The molecular weight excluding hydrogens is 238 g/mol. The average Bonchev–Trinajstić information content (AvgIpc) is 2.36. The second-order valence-electron chi connectivity index (χ2n) is 5.87. The van der Waals surface area contributed by atoms with Crippen LogP contribution in [0.5, 0.6) is 0 Å². The monoisotopic (exact) mass is 261 g/mol. The first kappa shape index (κ1) is 14.1. The molecule has 1 amide bonds. The van der Waals surface area contributed by atoms with Crippen molar-refractivity contribution in [2.24, 2.45) is 5.41 Å². The normalized spacial score (nSPS) is 17.1. The Morgan fingerprint density at radius 2 is 1.95 bits per heavy atom. The van der Waals surface area contributed by atoms with Crippen molar-refractivity contribution in [1.82, 2.24) is 5.32 Å². The van der Waals surface area contributed by atoms with Gasteiger partial charge in [0.1, 0.15) is 0 Å². The lowest BCUT2D eigenvalue weighted by molar-refractivity contribution is -0.139. The highest BCUT2D eigenvalue weighted by Gasteiger charge is 2.43. The highest BCUT2D eigenvalue weighted by Crippen LogP contribution is 2.40. The minimum Gasteiger partial charge on any atom is -0.395 e. The summed E-state index contributed by atoms with van der Waals surface area (Å²) in [6.45, 7) is 4.83. The van der Waals surface area contributed by atoms with E-state index in [2.05, 4.69) is 43.4 Å². The van der Waals surface area contributed by atoms with Crippen LogP contribution in [0.15, 0.2) is 24.3 Å². The Morgan fingerprint density at radius 1 is 1.32 bits per heavy atom. The van der Waals surface area contributed by atoms with Crippen LogP contribution in [0.1, 0.15) is 50.2 Å². The van der Waals surface area contributed by atoms with Gasteiger partial charge in [0.15, 0.2) is 0 Å². The van der Waals surface area contributed by atoms with Crippen LogP contribution >= 0.6 is 0 Å². The van der Waals surface area contributed by atoms with Crippen LogP contribution in [0.25, 0.3) is 0 Å². The van der Waals surface area contributed by atoms with Crippen LogP contribution in [-0.2, 0) is 11.3 Å². The zero-order valence-corrected chi connectivity index (χ0v) is 11.8. The first-order valence-electron chi connectivity index (χ1n) is 7.05. The maximum atomic E-state index is 12.1. The SMILES string of the molecule is CC(C)c1ccc(CNC(=O)C2(CO)CCC2)cc1. The zero-order valence-electron chi connectivity index (χ0n) is 11.8. The van der Waals surface area contributed by atoms with Crippen LogP contribution in [0, 0.1) is 5.41 Å². The van der Waals surface area contributed by atoms with E-state index in [0.29, 0.717) is 12.5 Å². The van der Waals surface area contributed by atoms with E-state index >= 15 is 0 Å². The van der Waals surface area contributed by atoms with Gasteiger partial charge < -0.3 is 10.4 Å². The predicted octanol–water partition coefficient (Wildman–Crippen LogP) is 2.59. The molecule has 1 aliphatic rings. The van der Waals surface area contributed by atoms with Gasteiger partial charge in [0.05, 0.1) is 12.0 Å². The Balaban J connectivity index is 1.90. The molecule has 1 aromatic rings. The van der Waals surface area contributed by atoms with Gasteiger partial charge in [0.2, 0.25) is 5.91 Å². The van der Waals surface area contributed by atoms with E-state index < -0.39 is 5.41 Å². The van der Waals surface area contributed by atoms with Crippen LogP contribution < -0.4 is 5.32 Å². The Hall–Kier alpha value is -1.35. The maximum absolute atomic E-state index is 12.1. The lowest BCUT2D eigenvalue weighted by Crippen LogP contribution is -2.47. The average molecular weight is 261 g/mol. The van der Waals surface area contributed by atoms with Crippen LogP contribution in [0.2, 0.25) is 0 Å². The summed E-state index contributed by atoms with van der Waals surface area (Å²) in [4.78, 5) is 12.1. The van der Waals surface area contributed by atoms with Gasteiger partial charge in [-0.1, -0.05) is 44.5 Å². The summed E-state index contributed by atoms with van der Waals surface area (Å²) in [5, 5.41) is 12.3. The van der Waals surface area contributed by atoms with Crippen LogP contribution in [-0.4, -0.2) is 17.6 Å². The molecule has 0 unspecified atom stereocenters. The number of rotatable bonds is 5. The van der Waals surface area contributed by atoms with E-state index in [1.165, 1.54) is 5.56 Å². The number of carbonyl (C=O) groups excluding carboxylic acids is 1. The van der Waals surface area contributed by atoms with Crippen molar-refractivity contribution in [2.75, 3.05) is 6.61 Å². The van der Waals surface area contributed by atoms with Crippen LogP contribution in [0.3, 0.4) is 0 Å². The number of amides is 1. The molecule has 0 radical (unpaired) electrons. The molecule has 0 aromatic heterocycles. The molecule has 3 nitrogen and oxygen atoms in total.